The number of carbonyl (C=O) groups excluding carboxylic acids is 1. The van der Waals surface area contributed by atoms with Crippen LogP contribution < -0.4 is 10.1 Å². The van der Waals surface area contributed by atoms with Crippen LogP contribution in [-0.2, 0) is 10.9 Å². The molecule has 7 heteroatoms. The molecule has 2 rings (SSSR count). The van der Waals surface area contributed by atoms with Gasteiger partial charge in [0.15, 0.2) is 0 Å². The fourth-order valence-electron chi connectivity index (χ4n) is 1.72. The van der Waals surface area contributed by atoms with E-state index in [1.165, 1.54) is 19.2 Å². The second kappa shape index (κ2) is 4.40. The number of alkyl carbamates (subject to hydrolysis) is 1. The molecule has 1 aliphatic rings. The third-order valence-electron chi connectivity index (χ3n) is 2.58. The summed E-state index contributed by atoms with van der Waals surface area (Å²) in [5.74, 6) is -0.261. The van der Waals surface area contributed by atoms with E-state index in [0.29, 0.717) is 0 Å². The number of benzene rings is 1. The van der Waals surface area contributed by atoms with Gasteiger partial charge in [-0.1, -0.05) is 6.07 Å². The van der Waals surface area contributed by atoms with Gasteiger partial charge in [0.1, 0.15) is 11.9 Å². The fourth-order valence-corrected chi connectivity index (χ4v) is 1.72. The number of nitrogens with one attached hydrogen (secondary N) is 1. The number of halogens is 3. The molecular formula is C11H10F3NO3. The van der Waals surface area contributed by atoms with Crippen molar-refractivity contribution in [3.05, 3.63) is 29.3 Å². The highest BCUT2D eigenvalue weighted by molar-refractivity contribution is 5.69. The predicted molar refractivity (Wildman–Crippen MR) is 55.2 cm³/mol. The number of hydrogen-bond acceptors (Lipinski definition) is 3. The molecule has 18 heavy (non-hydrogen) atoms. The van der Waals surface area contributed by atoms with Crippen LogP contribution in [0.1, 0.15) is 17.2 Å². The molecule has 0 radical (unpaired) electrons. The molecule has 1 aliphatic heterocycles. The van der Waals surface area contributed by atoms with E-state index in [-0.39, 0.29) is 17.9 Å². The highest BCUT2D eigenvalue weighted by atomic mass is 19.4. The number of ether oxygens (including phenoxy) is 2. The maximum atomic E-state index is 12.8. The fraction of sp³-hybridized carbons (Fsp3) is 0.364. The molecule has 4 nitrogen and oxygen atoms in total. The molecule has 1 aromatic carbocycles. The van der Waals surface area contributed by atoms with Gasteiger partial charge in [0, 0.05) is 0 Å². The van der Waals surface area contributed by atoms with E-state index in [0.717, 1.165) is 6.07 Å². The first-order valence-corrected chi connectivity index (χ1v) is 5.11. The molecule has 0 bridgehead atoms. The number of amides is 1. The van der Waals surface area contributed by atoms with Crippen LogP contribution in [0.5, 0.6) is 5.75 Å². The maximum absolute atomic E-state index is 12.8. The Kier molecular flexibility index (Phi) is 3.06. The summed E-state index contributed by atoms with van der Waals surface area (Å²) in [4.78, 5) is 10.9. The van der Waals surface area contributed by atoms with E-state index in [1.807, 2.05) is 0 Å². The van der Waals surface area contributed by atoms with Crippen LogP contribution >= 0.6 is 0 Å². The van der Waals surface area contributed by atoms with E-state index in [9.17, 15) is 18.0 Å². The minimum Gasteiger partial charge on any atom is -0.496 e. The van der Waals surface area contributed by atoms with Crippen molar-refractivity contribution in [1.29, 1.82) is 0 Å². The van der Waals surface area contributed by atoms with Gasteiger partial charge in [-0.3, -0.25) is 0 Å². The Balaban J connectivity index is 2.37. The van der Waals surface area contributed by atoms with Crippen molar-refractivity contribution in [2.45, 2.75) is 12.3 Å². The number of methoxy groups -OCH3 is 1. The normalized spacial score (nSPS) is 19.3. The lowest BCUT2D eigenvalue weighted by Gasteiger charge is -2.15. The summed E-state index contributed by atoms with van der Waals surface area (Å²) in [5.41, 5.74) is -0.605. The summed E-state index contributed by atoms with van der Waals surface area (Å²) in [5, 5.41) is 2.38. The zero-order chi connectivity index (χ0) is 13.3. The van der Waals surface area contributed by atoms with Crippen LogP contribution in [-0.4, -0.2) is 19.7 Å². The van der Waals surface area contributed by atoms with E-state index in [2.05, 4.69) is 10.1 Å². The first kappa shape index (κ1) is 12.5. The van der Waals surface area contributed by atoms with Crippen molar-refractivity contribution in [3.8, 4) is 5.75 Å². The van der Waals surface area contributed by atoms with Crippen LogP contribution in [0, 0.1) is 0 Å². The van der Waals surface area contributed by atoms with Gasteiger partial charge < -0.3 is 14.8 Å². The molecule has 1 fully saturated rings. The molecule has 0 spiro atoms. The second-order valence-corrected chi connectivity index (χ2v) is 3.73. The Morgan fingerprint density at radius 2 is 2.17 bits per heavy atom. The van der Waals surface area contributed by atoms with Gasteiger partial charge in [-0.25, -0.2) is 4.79 Å². The smallest absolute Gasteiger partial charge is 0.419 e. The van der Waals surface area contributed by atoms with E-state index in [4.69, 9.17) is 4.74 Å². The molecule has 98 valence electrons. The van der Waals surface area contributed by atoms with Crippen molar-refractivity contribution in [1.82, 2.24) is 5.32 Å². The van der Waals surface area contributed by atoms with Gasteiger partial charge in [-0.2, -0.15) is 13.2 Å². The van der Waals surface area contributed by atoms with Crippen molar-refractivity contribution in [3.63, 3.8) is 0 Å². The third kappa shape index (κ3) is 2.34. The Bertz CT molecular complexity index is 473. The Labute approximate surface area is 101 Å². The Morgan fingerprint density at radius 3 is 2.67 bits per heavy atom. The van der Waals surface area contributed by atoms with E-state index in [1.54, 1.807) is 0 Å². The molecule has 1 N–H and O–H groups in total. The first-order chi connectivity index (χ1) is 8.41. The topological polar surface area (TPSA) is 47.6 Å². The molecule has 1 saturated heterocycles. The van der Waals surface area contributed by atoms with E-state index >= 15 is 0 Å². The number of hydrogen-bond donors (Lipinski definition) is 1. The van der Waals surface area contributed by atoms with Gasteiger partial charge in [-0.15, -0.1) is 0 Å². The molecule has 1 unspecified atom stereocenters. The lowest BCUT2D eigenvalue weighted by atomic mass is 10.0. The van der Waals surface area contributed by atoms with Gasteiger partial charge >= 0.3 is 12.3 Å². The summed E-state index contributed by atoms with van der Waals surface area (Å²) in [6.45, 7) is 0.155. The molecule has 0 aliphatic carbocycles. The maximum Gasteiger partial charge on any atom is 0.419 e. The highest BCUT2D eigenvalue weighted by Gasteiger charge is 2.36. The van der Waals surface area contributed by atoms with Crippen LogP contribution in [0.4, 0.5) is 18.0 Å². The Morgan fingerprint density at radius 1 is 1.44 bits per heavy atom. The second-order valence-electron chi connectivity index (χ2n) is 3.73. The zero-order valence-corrected chi connectivity index (χ0v) is 9.38. The van der Waals surface area contributed by atoms with Gasteiger partial charge in [-0.05, 0) is 17.7 Å². The predicted octanol–water partition coefficient (Wildman–Crippen LogP) is 2.49. The highest BCUT2D eigenvalue weighted by Crippen LogP contribution is 2.38. The number of cyclic esters (lactones) is 1. The average Bonchev–Trinajstić information content (AvgIpc) is 2.74. The van der Waals surface area contributed by atoms with Crippen LogP contribution in [0.15, 0.2) is 18.2 Å². The standard InChI is InChI=1S/C11H10F3NO3/c1-17-8-3-2-6(4-7(8)11(12,13)14)9-5-15-10(16)18-9/h2-4,9H,5H2,1H3,(H,15,16). The summed E-state index contributed by atoms with van der Waals surface area (Å²) in [6.07, 6.45) is -5.86. The largest absolute Gasteiger partial charge is 0.496 e. The molecule has 0 saturated carbocycles. The number of alkyl halides is 3. The molecule has 1 atom stereocenters. The summed E-state index contributed by atoms with van der Waals surface area (Å²) < 4.78 is 47.8. The Hall–Kier alpha value is -1.92. The number of carbonyl (C=O) groups is 1. The minimum absolute atomic E-state index is 0.155. The van der Waals surface area contributed by atoms with Gasteiger partial charge in [0.25, 0.3) is 0 Å². The number of rotatable bonds is 2. The molecular weight excluding hydrogens is 251 g/mol. The first-order valence-electron chi connectivity index (χ1n) is 5.11. The average molecular weight is 261 g/mol. The van der Waals surface area contributed by atoms with Crippen LogP contribution in [0.2, 0.25) is 0 Å². The van der Waals surface area contributed by atoms with E-state index < -0.39 is 23.9 Å². The summed E-state index contributed by atoms with van der Waals surface area (Å²) >= 11 is 0. The third-order valence-corrected chi connectivity index (χ3v) is 2.58. The summed E-state index contributed by atoms with van der Waals surface area (Å²) in [7, 11) is 1.17. The molecule has 1 heterocycles. The van der Waals surface area contributed by atoms with Crippen LogP contribution in [0.3, 0.4) is 0 Å². The lowest BCUT2D eigenvalue weighted by molar-refractivity contribution is -0.138. The van der Waals surface area contributed by atoms with Crippen molar-refractivity contribution in [2.75, 3.05) is 13.7 Å². The lowest BCUT2D eigenvalue weighted by Crippen LogP contribution is -2.13. The SMILES string of the molecule is COc1ccc(C2CNC(=O)O2)cc1C(F)(F)F. The summed E-state index contributed by atoms with van der Waals surface area (Å²) in [6, 6.07) is 3.59. The molecule has 1 amide bonds. The molecule has 0 aromatic heterocycles. The van der Waals surface area contributed by atoms with Gasteiger partial charge in [0.05, 0.1) is 19.2 Å². The monoisotopic (exact) mass is 261 g/mol. The quantitative estimate of drug-likeness (QED) is 0.889. The van der Waals surface area contributed by atoms with Crippen LogP contribution in [0.25, 0.3) is 0 Å². The molecule has 1 aromatic rings. The van der Waals surface area contributed by atoms with Gasteiger partial charge in [0.2, 0.25) is 0 Å². The van der Waals surface area contributed by atoms with Crippen molar-refractivity contribution < 1.29 is 27.4 Å². The van der Waals surface area contributed by atoms with Crippen molar-refractivity contribution in [2.24, 2.45) is 0 Å². The zero-order valence-electron chi connectivity index (χ0n) is 9.38. The minimum atomic E-state index is -4.52. The van der Waals surface area contributed by atoms with Crippen molar-refractivity contribution >= 4 is 6.09 Å².